The Hall–Kier alpha value is -1.33. The van der Waals surface area contributed by atoms with Crippen LogP contribution in [0.5, 0.6) is 0 Å². The van der Waals surface area contributed by atoms with E-state index in [1.54, 1.807) is 12.1 Å². The molecular weight excluding hydrogens is 234 g/mol. The Balaban J connectivity index is 1.87. The first-order chi connectivity index (χ1) is 8.63. The summed E-state index contributed by atoms with van der Waals surface area (Å²) in [5.74, 6) is 0.794. The highest BCUT2D eigenvalue weighted by atomic mass is 16.5. The van der Waals surface area contributed by atoms with E-state index in [0.717, 1.165) is 12.2 Å². The van der Waals surface area contributed by atoms with Crippen LogP contribution in [-0.4, -0.2) is 36.4 Å². The molecule has 2 N–H and O–H groups in total. The summed E-state index contributed by atoms with van der Waals surface area (Å²) in [6.45, 7) is 3.27. The van der Waals surface area contributed by atoms with Gasteiger partial charge in [-0.05, 0) is 12.1 Å². The molecule has 0 radical (unpaired) electrons. The van der Waals surface area contributed by atoms with Gasteiger partial charge in [-0.2, -0.15) is 0 Å². The van der Waals surface area contributed by atoms with Crippen molar-refractivity contribution in [3.8, 4) is 0 Å². The maximum absolute atomic E-state index is 11.8. The second kappa shape index (κ2) is 5.54. The number of aliphatic hydroxyl groups is 1. The molecule has 1 aromatic rings. The van der Waals surface area contributed by atoms with Crippen LogP contribution in [0.1, 0.15) is 36.1 Å². The molecule has 18 heavy (non-hydrogen) atoms. The SMILES string of the molecule is CCc1ccc(C(=O)NCC2(O)CCOCC2)o1. The largest absolute Gasteiger partial charge is 0.456 e. The van der Waals surface area contributed by atoms with Crippen molar-refractivity contribution in [3.63, 3.8) is 0 Å². The Kier molecular flexibility index (Phi) is 4.04. The van der Waals surface area contributed by atoms with E-state index in [1.165, 1.54) is 0 Å². The van der Waals surface area contributed by atoms with Gasteiger partial charge in [0.15, 0.2) is 5.76 Å². The molecule has 1 aliphatic rings. The fraction of sp³-hybridized carbons (Fsp3) is 0.615. The molecule has 0 aliphatic carbocycles. The second-order valence-electron chi connectivity index (χ2n) is 4.64. The average molecular weight is 253 g/mol. The first kappa shape index (κ1) is 13.1. The summed E-state index contributed by atoms with van der Waals surface area (Å²) >= 11 is 0. The van der Waals surface area contributed by atoms with Crippen LogP contribution in [-0.2, 0) is 11.2 Å². The minimum Gasteiger partial charge on any atom is -0.456 e. The van der Waals surface area contributed by atoms with E-state index in [4.69, 9.17) is 9.15 Å². The monoisotopic (exact) mass is 253 g/mol. The van der Waals surface area contributed by atoms with Gasteiger partial charge in [0.05, 0.1) is 5.60 Å². The summed E-state index contributed by atoms with van der Waals surface area (Å²) in [6, 6.07) is 3.44. The standard InChI is InChI=1S/C13H19NO4/c1-2-10-3-4-11(18-10)12(15)14-9-13(16)5-7-17-8-6-13/h3-4,16H,2,5-9H2,1H3,(H,14,15). The summed E-state index contributed by atoms with van der Waals surface area (Å²) in [7, 11) is 0. The van der Waals surface area contributed by atoms with Gasteiger partial charge in [-0.3, -0.25) is 4.79 Å². The summed E-state index contributed by atoms with van der Waals surface area (Å²) in [4.78, 5) is 11.8. The van der Waals surface area contributed by atoms with E-state index < -0.39 is 5.60 Å². The maximum Gasteiger partial charge on any atom is 0.287 e. The molecule has 0 saturated carbocycles. The number of hydrogen-bond donors (Lipinski definition) is 2. The lowest BCUT2D eigenvalue weighted by Crippen LogP contribution is -2.46. The van der Waals surface area contributed by atoms with Crippen molar-refractivity contribution >= 4 is 5.91 Å². The van der Waals surface area contributed by atoms with Crippen molar-refractivity contribution in [2.75, 3.05) is 19.8 Å². The lowest BCUT2D eigenvalue weighted by molar-refractivity contribution is -0.0605. The highest BCUT2D eigenvalue weighted by Crippen LogP contribution is 2.19. The quantitative estimate of drug-likeness (QED) is 0.843. The van der Waals surface area contributed by atoms with Gasteiger partial charge in [0.25, 0.3) is 5.91 Å². The Morgan fingerprint density at radius 3 is 2.78 bits per heavy atom. The normalized spacial score (nSPS) is 18.6. The van der Waals surface area contributed by atoms with E-state index in [0.29, 0.717) is 31.8 Å². The van der Waals surface area contributed by atoms with Crippen LogP contribution < -0.4 is 5.32 Å². The van der Waals surface area contributed by atoms with Crippen LogP contribution in [0, 0.1) is 0 Å². The third kappa shape index (κ3) is 3.11. The predicted molar refractivity (Wildman–Crippen MR) is 65.4 cm³/mol. The number of amides is 1. The van der Waals surface area contributed by atoms with Gasteiger partial charge in [-0.25, -0.2) is 0 Å². The fourth-order valence-corrected chi connectivity index (χ4v) is 1.95. The lowest BCUT2D eigenvalue weighted by atomic mass is 9.94. The van der Waals surface area contributed by atoms with Crippen LogP contribution in [0.25, 0.3) is 0 Å². The average Bonchev–Trinajstić information content (AvgIpc) is 2.86. The summed E-state index contributed by atoms with van der Waals surface area (Å²) in [5, 5.41) is 12.9. The summed E-state index contributed by atoms with van der Waals surface area (Å²) < 4.78 is 10.5. The number of carbonyl (C=O) groups excluding carboxylic acids is 1. The number of nitrogens with one attached hydrogen (secondary N) is 1. The number of ether oxygens (including phenoxy) is 1. The van der Waals surface area contributed by atoms with Gasteiger partial charge in [-0.1, -0.05) is 6.92 Å². The Bertz CT molecular complexity index is 407. The molecular formula is C13H19NO4. The molecule has 0 aromatic carbocycles. The van der Waals surface area contributed by atoms with Crippen molar-refractivity contribution in [2.24, 2.45) is 0 Å². The molecule has 5 nitrogen and oxygen atoms in total. The van der Waals surface area contributed by atoms with Crippen molar-refractivity contribution in [2.45, 2.75) is 31.8 Å². The molecule has 2 rings (SSSR count). The zero-order chi connectivity index (χ0) is 13.0. The maximum atomic E-state index is 11.8. The van der Waals surface area contributed by atoms with Crippen molar-refractivity contribution in [3.05, 3.63) is 23.7 Å². The van der Waals surface area contributed by atoms with Gasteiger partial charge < -0.3 is 19.6 Å². The molecule has 1 aliphatic heterocycles. The third-order valence-electron chi connectivity index (χ3n) is 3.24. The smallest absolute Gasteiger partial charge is 0.287 e. The van der Waals surface area contributed by atoms with E-state index in [-0.39, 0.29) is 12.5 Å². The van der Waals surface area contributed by atoms with Gasteiger partial charge in [0.1, 0.15) is 5.76 Å². The van der Waals surface area contributed by atoms with E-state index in [1.807, 2.05) is 6.92 Å². The molecule has 5 heteroatoms. The number of hydrogen-bond acceptors (Lipinski definition) is 4. The summed E-state index contributed by atoms with van der Waals surface area (Å²) in [6.07, 6.45) is 1.85. The molecule has 0 unspecified atom stereocenters. The Labute approximate surface area is 106 Å². The molecule has 100 valence electrons. The van der Waals surface area contributed by atoms with Crippen molar-refractivity contribution in [1.82, 2.24) is 5.32 Å². The minimum atomic E-state index is -0.853. The zero-order valence-electron chi connectivity index (χ0n) is 10.6. The minimum absolute atomic E-state index is 0.233. The van der Waals surface area contributed by atoms with E-state index in [9.17, 15) is 9.90 Å². The van der Waals surface area contributed by atoms with Crippen LogP contribution in [0.15, 0.2) is 16.5 Å². The number of rotatable bonds is 4. The lowest BCUT2D eigenvalue weighted by Gasteiger charge is -2.31. The Morgan fingerprint density at radius 1 is 1.44 bits per heavy atom. The Morgan fingerprint density at radius 2 is 2.17 bits per heavy atom. The molecule has 0 bridgehead atoms. The van der Waals surface area contributed by atoms with E-state index in [2.05, 4.69) is 5.32 Å². The van der Waals surface area contributed by atoms with Gasteiger partial charge >= 0.3 is 0 Å². The fourth-order valence-electron chi connectivity index (χ4n) is 1.95. The van der Waals surface area contributed by atoms with Gasteiger partial charge in [-0.15, -0.1) is 0 Å². The number of aryl methyl sites for hydroxylation is 1. The molecule has 0 spiro atoms. The molecule has 1 aromatic heterocycles. The van der Waals surface area contributed by atoms with Crippen molar-refractivity contribution < 1.29 is 19.1 Å². The first-order valence-electron chi connectivity index (χ1n) is 6.30. The predicted octanol–water partition coefficient (Wildman–Crippen LogP) is 1.11. The number of furan rings is 1. The molecule has 1 saturated heterocycles. The number of carbonyl (C=O) groups is 1. The summed E-state index contributed by atoms with van der Waals surface area (Å²) in [5.41, 5.74) is -0.853. The van der Waals surface area contributed by atoms with Crippen LogP contribution in [0.2, 0.25) is 0 Å². The van der Waals surface area contributed by atoms with E-state index >= 15 is 0 Å². The third-order valence-corrected chi connectivity index (χ3v) is 3.24. The highest BCUT2D eigenvalue weighted by molar-refractivity contribution is 5.91. The molecule has 1 amide bonds. The van der Waals surface area contributed by atoms with Crippen LogP contribution >= 0.6 is 0 Å². The molecule has 0 atom stereocenters. The molecule has 1 fully saturated rings. The second-order valence-corrected chi connectivity index (χ2v) is 4.64. The van der Waals surface area contributed by atoms with Gasteiger partial charge in [0, 0.05) is 39.0 Å². The van der Waals surface area contributed by atoms with Gasteiger partial charge in [0.2, 0.25) is 0 Å². The highest BCUT2D eigenvalue weighted by Gasteiger charge is 2.30. The van der Waals surface area contributed by atoms with Crippen molar-refractivity contribution in [1.29, 1.82) is 0 Å². The van der Waals surface area contributed by atoms with Crippen LogP contribution in [0.4, 0.5) is 0 Å². The first-order valence-corrected chi connectivity index (χ1v) is 6.30. The topological polar surface area (TPSA) is 71.7 Å². The molecule has 2 heterocycles. The zero-order valence-corrected chi connectivity index (χ0v) is 10.6. The van der Waals surface area contributed by atoms with Crippen LogP contribution in [0.3, 0.4) is 0 Å².